The van der Waals surface area contributed by atoms with Crippen LogP contribution in [0.1, 0.15) is 18.4 Å². The Balaban J connectivity index is 1.22. The van der Waals surface area contributed by atoms with Gasteiger partial charge in [0, 0.05) is 24.3 Å². The van der Waals surface area contributed by atoms with Crippen LogP contribution in [-0.2, 0) is 11.2 Å². The third-order valence-corrected chi connectivity index (χ3v) is 5.95. The number of carbonyl (C=O) groups excluding carboxylic acids is 1. The van der Waals surface area contributed by atoms with Crippen molar-refractivity contribution in [1.29, 1.82) is 0 Å². The fourth-order valence-electron chi connectivity index (χ4n) is 4.19. The highest BCUT2D eigenvalue weighted by molar-refractivity contribution is 5.93. The van der Waals surface area contributed by atoms with Crippen molar-refractivity contribution in [3.8, 4) is 22.4 Å². The third-order valence-electron chi connectivity index (χ3n) is 5.95. The molecule has 0 unspecified atom stereocenters. The van der Waals surface area contributed by atoms with Crippen LogP contribution in [-0.4, -0.2) is 29.2 Å². The quantitative estimate of drug-likeness (QED) is 0.430. The molecule has 1 aromatic heterocycles. The predicted molar refractivity (Wildman–Crippen MR) is 133 cm³/mol. The molecule has 1 aliphatic rings. The molecule has 4 aromatic rings. The summed E-state index contributed by atoms with van der Waals surface area (Å²) >= 11 is 0. The van der Waals surface area contributed by atoms with Gasteiger partial charge in [0.25, 0.3) is 0 Å². The molecular formula is C28H26N4O. The van der Waals surface area contributed by atoms with E-state index in [1.54, 1.807) is 0 Å². The molecule has 5 heteroatoms. The first-order valence-corrected chi connectivity index (χ1v) is 11.4. The first-order valence-electron chi connectivity index (χ1n) is 11.4. The van der Waals surface area contributed by atoms with Crippen LogP contribution in [0.2, 0.25) is 0 Å². The molecule has 0 bridgehead atoms. The van der Waals surface area contributed by atoms with Gasteiger partial charge in [0.1, 0.15) is 0 Å². The maximum absolute atomic E-state index is 12.6. The Morgan fingerprint density at radius 1 is 0.758 bits per heavy atom. The number of amides is 1. The highest BCUT2D eigenvalue weighted by Gasteiger charge is 2.14. The summed E-state index contributed by atoms with van der Waals surface area (Å²) in [5.41, 5.74) is 5.77. The lowest BCUT2D eigenvalue weighted by Crippen LogP contribution is -2.19. The smallest absolute Gasteiger partial charge is 0.228 e. The van der Waals surface area contributed by atoms with Gasteiger partial charge in [-0.15, -0.1) is 10.2 Å². The van der Waals surface area contributed by atoms with Crippen LogP contribution in [0.5, 0.6) is 0 Å². The van der Waals surface area contributed by atoms with Crippen molar-refractivity contribution in [3.63, 3.8) is 0 Å². The number of rotatable bonds is 6. The molecule has 1 amide bonds. The number of carbonyl (C=O) groups is 1. The zero-order valence-electron chi connectivity index (χ0n) is 18.4. The van der Waals surface area contributed by atoms with E-state index in [0.29, 0.717) is 6.42 Å². The Hall–Kier alpha value is -3.99. The number of benzene rings is 3. The molecule has 164 valence electrons. The molecule has 5 rings (SSSR count). The number of hydrogen-bond donors (Lipinski definition) is 1. The van der Waals surface area contributed by atoms with Gasteiger partial charge in [0.05, 0.1) is 12.1 Å². The molecule has 1 N–H and O–H groups in total. The van der Waals surface area contributed by atoms with Crippen molar-refractivity contribution in [2.45, 2.75) is 19.3 Å². The van der Waals surface area contributed by atoms with Gasteiger partial charge >= 0.3 is 0 Å². The van der Waals surface area contributed by atoms with Crippen LogP contribution in [0.4, 0.5) is 11.5 Å². The molecule has 0 atom stereocenters. The second-order valence-electron chi connectivity index (χ2n) is 8.34. The lowest BCUT2D eigenvalue weighted by atomic mass is 10.0. The molecule has 33 heavy (non-hydrogen) atoms. The topological polar surface area (TPSA) is 58.1 Å². The summed E-state index contributed by atoms with van der Waals surface area (Å²) in [6.07, 6.45) is 2.74. The van der Waals surface area contributed by atoms with Gasteiger partial charge in [0.2, 0.25) is 5.91 Å². The van der Waals surface area contributed by atoms with Crippen LogP contribution in [0.25, 0.3) is 22.4 Å². The molecule has 2 heterocycles. The maximum atomic E-state index is 12.6. The monoisotopic (exact) mass is 434 g/mol. The SMILES string of the molecule is O=C(Cc1ccc(-c2ccccc2)cc1)Nc1cccc(-c2ccc(N3CCCC3)nn2)c1. The zero-order valence-corrected chi connectivity index (χ0v) is 18.4. The third kappa shape index (κ3) is 5.09. The Morgan fingerprint density at radius 2 is 1.48 bits per heavy atom. The van der Waals surface area contributed by atoms with Crippen molar-refractivity contribution in [1.82, 2.24) is 10.2 Å². The molecular weight excluding hydrogens is 408 g/mol. The van der Waals surface area contributed by atoms with E-state index in [-0.39, 0.29) is 5.91 Å². The Kier molecular flexibility index (Phi) is 6.11. The minimum Gasteiger partial charge on any atom is -0.355 e. The van der Waals surface area contributed by atoms with E-state index < -0.39 is 0 Å². The van der Waals surface area contributed by atoms with E-state index in [0.717, 1.165) is 47.0 Å². The lowest BCUT2D eigenvalue weighted by Gasteiger charge is -2.15. The summed E-state index contributed by atoms with van der Waals surface area (Å²) in [6, 6.07) is 30.1. The normalized spacial score (nSPS) is 13.2. The molecule has 1 saturated heterocycles. The molecule has 1 fully saturated rings. The summed E-state index contributed by atoms with van der Waals surface area (Å²) in [6.45, 7) is 2.09. The first-order chi connectivity index (χ1) is 16.2. The van der Waals surface area contributed by atoms with E-state index in [1.165, 1.54) is 18.4 Å². The van der Waals surface area contributed by atoms with Crippen molar-refractivity contribution in [2.24, 2.45) is 0 Å². The lowest BCUT2D eigenvalue weighted by molar-refractivity contribution is -0.115. The molecule has 1 aliphatic heterocycles. The summed E-state index contributed by atoms with van der Waals surface area (Å²) in [7, 11) is 0. The van der Waals surface area contributed by atoms with E-state index in [2.05, 4.69) is 44.7 Å². The van der Waals surface area contributed by atoms with Crippen LogP contribution >= 0.6 is 0 Å². The molecule has 3 aromatic carbocycles. The average molecular weight is 435 g/mol. The second kappa shape index (κ2) is 9.65. The molecule has 0 saturated carbocycles. The highest BCUT2D eigenvalue weighted by Crippen LogP contribution is 2.24. The highest BCUT2D eigenvalue weighted by atomic mass is 16.1. The number of anilines is 2. The van der Waals surface area contributed by atoms with Gasteiger partial charge in [-0.25, -0.2) is 0 Å². The minimum atomic E-state index is -0.0462. The number of nitrogens with one attached hydrogen (secondary N) is 1. The van der Waals surface area contributed by atoms with Crippen molar-refractivity contribution in [3.05, 3.63) is 96.6 Å². The molecule has 0 radical (unpaired) electrons. The number of aromatic nitrogens is 2. The predicted octanol–water partition coefficient (Wildman–Crippen LogP) is 5.59. The van der Waals surface area contributed by atoms with Gasteiger partial charge in [-0.1, -0.05) is 66.7 Å². The summed E-state index contributed by atoms with van der Waals surface area (Å²) in [5, 5.41) is 11.8. The molecule has 5 nitrogen and oxygen atoms in total. The van der Waals surface area contributed by atoms with E-state index in [4.69, 9.17) is 0 Å². The van der Waals surface area contributed by atoms with E-state index in [9.17, 15) is 4.79 Å². The standard InChI is InChI=1S/C28H26N4O/c33-28(19-21-11-13-23(14-12-21)22-7-2-1-3-8-22)29-25-10-6-9-24(20-25)26-15-16-27(31-30-26)32-17-4-5-18-32/h1-3,6-16,20H,4-5,17-19H2,(H,29,33). The average Bonchev–Trinajstić information content (AvgIpc) is 3.40. The summed E-state index contributed by atoms with van der Waals surface area (Å²) < 4.78 is 0. The second-order valence-corrected chi connectivity index (χ2v) is 8.34. The first kappa shape index (κ1) is 20.9. The van der Waals surface area contributed by atoms with Gasteiger partial charge in [-0.2, -0.15) is 0 Å². The Morgan fingerprint density at radius 3 is 2.21 bits per heavy atom. The van der Waals surface area contributed by atoms with Crippen LogP contribution in [0.15, 0.2) is 91.0 Å². The van der Waals surface area contributed by atoms with Gasteiger partial charge in [-0.05, 0) is 53.8 Å². The summed E-state index contributed by atoms with van der Waals surface area (Å²) in [4.78, 5) is 14.9. The van der Waals surface area contributed by atoms with Gasteiger partial charge in [-0.3, -0.25) is 4.79 Å². The number of nitrogens with zero attached hydrogens (tertiary/aromatic N) is 3. The van der Waals surface area contributed by atoms with Crippen LogP contribution in [0.3, 0.4) is 0 Å². The van der Waals surface area contributed by atoms with E-state index >= 15 is 0 Å². The zero-order chi connectivity index (χ0) is 22.5. The van der Waals surface area contributed by atoms with Crippen molar-refractivity contribution < 1.29 is 4.79 Å². The van der Waals surface area contributed by atoms with Crippen molar-refractivity contribution in [2.75, 3.05) is 23.3 Å². The minimum absolute atomic E-state index is 0.0462. The Labute approximate surface area is 194 Å². The maximum Gasteiger partial charge on any atom is 0.228 e. The fraction of sp³-hybridized carbons (Fsp3) is 0.179. The van der Waals surface area contributed by atoms with E-state index in [1.807, 2.05) is 66.7 Å². The van der Waals surface area contributed by atoms with Gasteiger partial charge < -0.3 is 10.2 Å². The largest absolute Gasteiger partial charge is 0.355 e. The summed E-state index contributed by atoms with van der Waals surface area (Å²) in [5.74, 6) is 0.883. The van der Waals surface area contributed by atoms with Crippen LogP contribution < -0.4 is 10.2 Å². The molecule has 0 spiro atoms. The number of hydrogen-bond acceptors (Lipinski definition) is 4. The van der Waals surface area contributed by atoms with Crippen molar-refractivity contribution >= 4 is 17.4 Å². The fourth-order valence-corrected chi connectivity index (χ4v) is 4.19. The van der Waals surface area contributed by atoms with Crippen LogP contribution in [0, 0.1) is 0 Å². The van der Waals surface area contributed by atoms with Gasteiger partial charge in [0.15, 0.2) is 5.82 Å². The molecule has 0 aliphatic carbocycles. The Bertz CT molecular complexity index is 1210.